The fourth-order valence-corrected chi connectivity index (χ4v) is 3.39. The normalized spacial score (nSPS) is 15.6. The molecule has 0 bridgehead atoms. The first-order valence-electron chi connectivity index (χ1n) is 7.76. The average Bonchev–Trinajstić information content (AvgIpc) is 3.07. The zero-order chi connectivity index (χ0) is 16.1. The van der Waals surface area contributed by atoms with E-state index in [0.717, 1.165) is 43.5 Å². The number of ether oxygens (including phenoxy) is 1. The van der Waals surface area contributed by atoms with Crippen LogP contribution in [0.1, 0.15) is 22.3 Å². The molecule has 0 saturated carbocycles. The monoisotopic (exact) mass is 332 g/mol. The zero-order valence-electron chi connectivity index (χ0n) is 13.1. The van der Waals surface area contributed by atoms with Gasteiger partial charge < -0.3 is 9.64 Å². The van der Waals surface area contributed by atoms with Gasteiger partial charge in [-0.2, -0.15) is 0 Å². The van der Waals surface area contributed by atoms with E-state index in [-0.39, 0.29) is 5.97 Å². The number of pyridine rings is 1. The molecule has 6 nitrogen and oxygen atoms in total. The third kappa shape index (κ3) is 4.05. The number of carbonyl (C=O) groups is 1. The molecule has 0 N–H and O–H groups in total. The van der Waals surface area contributed by atoms with Gasteiger partial charge in [0.15, 0.2) is 5.13 Å². The number of thiazole rings is 1. The van der Waals surface area contributed by atoms with Gasteiger partial charge in [0.05, 0.1) is 18.5 Å². The Kier molecular flexibility index (Phi) is 5.19. The number of rotatable bonds is 5. The lowest BCUT2D eigenvalue weighted by Gasteiger charge is -2.34. The van der Waals surface area contributed by atoms with Gasteiger partial charge in [0, 0.05) is 38.9 Å². The number of aromatic nitrogens is 2. The molecule has 0 spiro atoms. The first-order chi connectivity index (χ1) is 11.3. The molecule has 0 aliphatic carbocycles. The van der Waals surface area contributed by atoms with Crippen LogP contribution in [0.3, 0.4) is 0 Å². The van der Waals surface area contributed by atoms with Crippen LogP contribution in [-0.2, 0) is 11.3 Å². The van der Waals surface area contributed by atoms with Crippen LogP contribution in [-0.4, -0.2) is 53.6 Å². The maximum absolute atomic E-state index is 11.7. The molecule has 0 aromatic carbocycles. The Morgan fingerprint density at radius 3 is 2.78 bits per heavy atom. The number of nitrogens with zero attached hydrogens (tertiary/aromatic N) is 4. The molecule has 0 unspecified atom stereocenters. The summed E-state index contributed by atoms with van der Waals surface area (Å²) in [5.74, 6) is -0.287. The summed E-state index contributed by atoms with van der Waals surface area (Å²) in [5.41, 5.74) is 1.10. The summed E-state index contributed by atoms with van der Waals surface area (Å²) in [6.45, 7) is 6.81. The summed E-state index contributed by atoms with van der Waals surface area (Å²) >= 11 is 1.40. The Morgan fingerprint density at radius 1 is 1.26 bits per heavy atom. The predicted octanol–water partition coefficient (Wildman–Crippen LogP) is 2.04. The van der Waals surface area contributed by atoms with Gasteiger partial charge in [-0.1, -0.05) is 17.4 Å². The van der Waals surface area contributed by atoms with Crippen LogP contribution in [0, 0.1) is 0 Å². The van der Waals surface area contributed by atoms with Gasteiger partial charge in [-0.05, 0) is 19.1 Å². The molecule has 1 aliphatic heterocycles. The van der Waals surface area contributed by atoms with Crippen LogP contribution in [0.2, 0.25) is 0 Å². The number of piperazine rings is 1. The lowest BCUT2D eigenvalue weighted by atomic mass is 10.3. The molecule has 3 rings (SSSR count). The molecule has 7 heteroatoms. The van der Waals surface area contributed by atoms with Crippen LogP contribution in [0.4, 0.5) is 5.13 Å². The largest absolute Gasteiger partial charge is 0.462 e. The van der Waals surface area contributed by atoms with E-state index in [1.165, 1.54) is 11.3 Å². The van der Waals surface area contributed by atoms with E-state index in [9.17, 15) is 4.79 Å². The maximum Gasteiger partial charge on any atom is 0.350 e. The summed E-state index contributed by atoms with van der Waals surface area (Å²) in [7, 11) is 0. The van der Waals surface area contributed by atoms with Crippen molar-refractivity contribution >= 4 is 22.4 Å². The van der Waals surface area contributed by atoms with Crippen LogP contribution in [0.25, 0.3) is 0 Å². The zero-order valence-corrected chi connectivity index (χ0v) is 14.0. The van der Waals surface area contributed by atoms with Crippen LogP contribution >= 0.6 is 11.3 Å². The predicted molar refractivity (Wildman–Crippen MR) is 89.8 cm³/mol. The fraction of sp³-hybridized carbons (Fsp3) is 0.438. The van der Waals surface area contributed by atoms with Gasteiger partial charge in [0.25, 0.3) is 0 Å². The third-order valence-electron chi connectivity index (χ3n) is 3.72. The summed E-state index contributed by atoms with van der Waals surface area (Å²) in [6.07, 6.45) is 3.44. The van der Waals surface area contributed by atoms with Crippen molar-refractivity contribution in [2.24, 2.45) is 0 Å². The van der Waals surface area contributed by atoms with Crippen molar-refractivity contribution in [3.8, 4) is 0 Å². The highest BCUT2D eigenvalue weighted by Crippen LogP contribution is 2.24. The Bertz CT molecular complexity index is 639. The second-order valence-corrected chi connectivity index (χ2v) is 6.32. The van der Waals surface area contributed by atoms with Gasteiger partial charge in [-0.3, -0.25) is 9.88 Å². The van der Waals surface area contributed by atoms with Crippen LogP contribution in [0.5, 0.6) is 0 Å². The Hall–Kier alpha value is -1.99. The second kappa shape index (κ2) is 7.52. The topological polar surface area (TPSA) is 58.6 Å². The molecule has 0 radical (unpaired) electrons. The van der Waals surface area contributed by atoms with E-state index in [2.05, 4.69) is 25.8 Å². The molecule has 23 heavy (non-hydrogen) atoms. The van der Waals surface area contributed by atoms with E-state index >= 15 is 0 Å². The molecule has 0 atom stereocenters. The molecule has 122 valence electrons. The first kappa shape index (κ1) is 15.9. The van der Waals surface area contributed by atoms with Crippen molar-refractivity contribution in [1.82, 2.24) is 14.9 Å². The van der Waals surface area contributed by atoms with Crippen molar-refractivity contribution in [2.45, 2.75) is 13.5 Å². The minimum atomic E-state index is -0.287. The highest BCUT2D eigenvalue weighted by atomic mass is 32.1. The number of anilines is 1. The van der Waals surface area contributed by atoms with E-state index in [4.69, 9.17) is 4.74 Å². The molecule has 1 saturated heterocycles. The van der Waals surface area contributed by atoms with Gasteiger partial charge in [0.2, 0.25) is 0 Å². The Balaban J connectivity index is 1.54. The first-order valence-corrected chi connectivity index (χ1v) is 8.58. The molecular weight excluding hydrogens is 312 g/mol. The van der Waals surface area contributed by atoms with Gasteiger partial charge in [-0.25, -0.2) is 9.78 Å². The van der Waals surface area contributed by atoms with Crippen molar-refractivity contribution in [3.05, 3.63) is 41.2 Å². The smallest absolute Gasteiger partial charge is 0.350 e. The number of carbonyl (C=O) groups excluding carboxylic acids is 1. The number of hydrogen-bond acceptors (Lipinski definition) is 7. The minimum Gasteiger partial charge on any atom is -0.462 e. The standard InChI is InChI=1S/C16H20N4O2S/c1-2-22-15(21)14-11-18-16(23-14)20-9-7-19(8-10-20)12-13-5-3-4-6-17-13/h3-6,11H,2,7-10,12H2,1H3. The van der Waals surface area contributed by atoms with E-state index in [0.29, 0.717) is 11.5 Å². The van der Waals surface area contributed by atoms with Crippen LogP contribution < -0.4 is 4.90 Å². The Labute approximate surface area is 139 Å². The molecule has 1 aliphatic rings. The molecule has 2 aromatic rings. The molecule has 0 amide bonds. The minimum absolute atomic E-state index is 0.287. The molecule has 1 fully saturated rings. The second-order valence-electron chi connectivity index (χ2n) is 5.31. The van der Waals surface area contributed by atoms with E-state index in [1.54, 1.807) is 13.1 Å². The highest BCUT2D eigenvalue weighted by molar-refractivity contribution is 7.17. The lowest BCUT2D eigenvalue weighted by Crippen LogP contribution is -2.46. The summed E-state index contributed by atoms with van der Waals surface area (Å²) in [6, 6.07) is 6.01. The van der Waals surface area contributed by atoms with Crippen molar-refractivity contribution in [1.29, 1.82) is 0 Å². The highest BCUT2D eigenvalue weighted by Gasteiger charge is 2.21. The summed E-state index contributed by atoms with van der Waals surface area (Å²) < 4.78 is 5.01. The molecule has 3 heterocycles. The summed E-state index contributed by atoms with van der Waals surface area (Å²) in [4.78, 5) is 25.6. The van der Waals surface area contributed by atoms with Crippen molar-refractivity contribution in [2.75, 3.05) is 37.7 Å². The summed E-state index contributed by atoms with van der Waals surface area (Å²) in [5, 5.41) is 0.894. The van der Waals surface area contributed by atoms with E-state index in [1.807, 2.05) is 18.3 Å². The average molecular weight is 332 g/mol. The lowest BCUT2D eigenvalue weighted by molar-refractivity contribution is 0.0532. The SMILES string of the molecule is CCOC(=O)c1cnc(N2CCN(Cc3ccccn3)CC2)s1. The van der Waals surface area contributed by atoms with Crippen LogP contribution in [0.15, 0.2) is 30.6 Å². The van der Waals surface area contributed by atoms with Crippen molar-refractivity contribution < 1.29 is 9.53 Å². The van der Waals surface area contributed by atoms with Gasteiger partial charge in [-0.15, -0.1) is 0 Å². The Morgan fingerprint density at radius 2 is 2.09 bits per heavy atom. The molecular formula is C16H20N4O2S. The van der Waals surface area contributed by atoms with Crippen molar-refractivity contribution in [3.63, 3.8) is 0 Å². The quantitative estimate of drug-likeness (QED) is 0.781. The fourth-order valence-electron chi connectivity index (χ4n) is 2.53. The number of hydrogen-bond donors (Lipinski definition) is 0. The molecule has 2 aromatic heterocycles. The van der Waals surface area contributed by atoms with Gasteiger partial charge >= 0.3 is 5.97 Å². The van der Waals surface area contributed by atoms with Gasteiger partial charge in [0.1, 0.15) is 4.88 Å². The number of esters is 1. The third-order valence-corrected chi connectivity index (χ3v) is 4.76. The van der Waals surface area contributed by atoms with E-state index < -0.39 is 0 Å². The maximum atomic E-state index is 11.7.